The van der Waals surface area contributed by atoms with Crippen LogP contribution in [0.3, 0.4) is 0 Å². The minimum atomic E-state index is -0.343. The molecule has 0 spiro atoms. The fourth-order valence-electron chi connectivity index (χ4n) is 3.86. The number of rotatable bonds is 11. The number of carbonyl (C=O) groups excluding carboxylic acids is 2. The van der Waals surface area contributed by atoms with Gasteiger partial charge >= 0.3 is 5.97 Å². The molecule has 0 radical (unpaired) electrons. The number of aromatic nitrogens is 1. The first-order chi connectivity index (χ1) is 17.4. The van der Waals surface area contributed by atoms with Gasteiger partial charge in [0.25, 0.3) is 5.91 Å². The largest absolute Gasteiger partial charge is 0.490 e. The summed E-state index contributed by atoms with van der Waals surface area (Å²) in [7, 11) is 0. The van der Waals surface area contributed by atoms with Crippen LogP contribution in [0.1, 0.15) is 54.3 Å². The average molecular weight is 492 g/mol. The summed E-state index contributed by atoms with van der Waals surface area (Å²) < 4.78 is 11.2. The van der Waals surface area contributed by atoms with Gasteiger partial charge in [0.05, 0.1) is 5.56 Å². The fourth-order valence-corrected chi connectivity index (χ4v) is 3.86. The van der Waals surface area contributed by atoms with Gasteiger partial charge in [0.2, 0.25) is 0 Å². The van der Waals surface area contributed by atoms with Gasteiger partial charge in [-0.05, 0) is 76.1 Å². The fraction of sp³-hybridized carbons (Fsp3) is 0.414. The molecule has 1 aromatic carbocycles. The SMILES string of the molecule is CC(C)=CCC/C(C)=C/COc1ccc(C(=O)N2CCN(CCOC(=O)c3ccncc3)CC2)cc1. The molecule has 1 aromatic heterocycles. The number of carbonyl (C=O) groups is 2. The highest BCUT2D eigenvalue weighted by Gasteiger charge is 2.22. The monoisotopic (exact) mass is 491 g/mol. The molecular weight excluding hydrogens is 454 g/mol. The number of piperazine rings is 1. The number of esters is 1. The number of hydrogen-bond donors (Lipinski definition) is 0. The molecule has 0 N–H and O–H groups in total. The van der Waals surface area contributed by atoms with E-state index >= 15 is 0 Å². The van der Waals surface area contributed by atoms with Crippen LogP contribution in [0.25, 0.3) is 0 Å². The second-order valence-corrected chi connectivity index (χ2v) is 9.21. The lowest BCUT2D eigenvalue weighted by atomic mass is 10.1. The van der Waals surface area contributed by atoms with E-state index in [0.717, 1.165) is 31.7 Å². The molecule has 0 atom stereocenters. The summed E-state index contributed by atoms with van der Waals surface area (Å²) in [5.74, 6) is 0.440. The van der Waals surface area contributed by atoms with E-state index in [9.17, 15) is 9.59 Å². The molecule has 1 fully saturated rings. The predicted molar refractivity (Wildman–Crippen MR) is 141 cm³/mol. The van der Waals surface area contributed by atoms with Crippen molar-refractivity contribution in [3.8, 4) is 5.75 Å². The first-order valence-corrected chi connectivity index (χ1v) is 12.5. The van der Waals surface area contributed by atoms with Crippen molar-refractivity contribution in [3.63, 3.8) is 0 Å². The van der Waals surface area contributed by atoms with Crippen molar-refractivity contribution in [1.82, 2.24) is 14.8 Å². The summed E-state index contributed by atoms with van der Waals surface area (Å²) in [6.45, 7) is 10.6. The van der Waals surface area contributed by atoms with E-state index in [1.165, 1.54) is 11.1 Å². The van der Waals surface area contributed by atoms with Crippen molar-refractivity contribution < 1.29 is 19.1 Å². The average Bonchev–Trinajstić information content (AvgIpc) is 2.89. The smallest absolute Gasteiger partial charge is 0.338 e. The Labute approximate surface area is 214 Å². The number of amides is 1. The highest BCUT2D eigenvalue weighted by molar-refractivity contribution is 5.94. The minimum absolute atomic E-state index is 0.0281. The van der Waals surface area contributed by atoms with Gasteiger partial charge in [0.15, 0.2) is 0 Å². The van der Waals surface area contributed by atoms with Gasteiger partial charge in [-0.3, -0.25) is 14.7 Å². The van der Waals surface area contributed by atoms with Crippen LogP contribution in [0.5, 0.6) is 5.75 Å². The Kier molecular flexibility index (Phi) is 10.7. The molecular formula is C29H37N3O4. The summed E-state index contributed by atoms with van der Waals surface area (Å²) in [5, 5.41) is 0. The first kappa shape index (κ1) is 27.1. The molecule has 3 rings (SSSR count). The van der Waals surface area contributed by atoms with Crippen LogP contribution in [-0.2, 0) is 4.74 Å². The maximum absolute atomic E-state index is 12.9. The topological polar surface area (TPSA) is 72.0 Å². The van der Waals surface area contributed by atoms with Crippen LogP contribution in [0, 0.1) is 0 Å². The van der Waals surface area contributed by atoms with Crippen LogP contribution in [0.2, 0.25) is 0 Å². The molecule has 0 saturated carbocycles. The lowest BCUT2D eigenvalue weighted by Gasteiger charge is -2.34. The van der Waals surface area contributed by atoms with Crippen LogP contribution in [0.4, 0.5) is 0 Å². The quantitative estimate of drug-likeness (QED) is 0.333. The van der Waals surface area contributed by atoms with Crippen LogP contribution in [-0.4, -0.2) is 72.6 Å². The second kappa shape index (κ2) is 14.2. The van der Waals surface area contributed by atoms with Gasteiger partial charge in [-0.15, -0.1) is 0 Å². The molecule has 7 nitrogen and oxygen atoms in total. The van der Waals surface area contributed by atoms with Gasteiger partial charge < -0.3 is 14.4 Å². The number of nitrogens with zero attached hydrogens (tertiary/aromatic N) is 3. The lowest BCUT2D eigenvalue weighted by molar-refractivity contribution is 0.0412. The van der Waals surface area contributed by atoms with Crippen LogP contribution < -0.4 is 4.74 Å². The van der Waals surface area contributed by atoms with Gasteiger partial charge in [-0.1, -0.05) is 17.2 Å². The molecule has 1 aliphatic rings. The highest BCUT2D eigenvalue weighted by Crippen LogP contribution is 2.16. The third-order valence-corrected chi connectivity index (χ3v) is 6.09. The number of hydrogen-bond acceptors (Lipinski definition) is 6. The summed E-state index contributed by atoms with van der Waals surface area (Å²) >= 11 is 0. The summed E-state index contributed by atoms with van der Waals surface area (Å²) in [4.78, 5) is 32.9. The van der Waals surface area contributed by atoms with Crippen molar-refractivity contribution in [3.05, 3.63) is 83.2 Å². The Hall–Kier alpha value is -3.45. The molecule has 36 heavy (non-hydrogen) atoms. The van der Waals surface area contributed by atoms with E-state index in [1.54, 1.807) is 24.5 Å². The van der Waals surface area contributed by atoms with E-state index in [1.807, 2.05) is 29.2 Å². The zero-order chi connectivity index (χ0) is 25.8. The van der Waals surface area contributed by atoms with Crippen molar-refractivity contribution in [2.24, 2.45) is 0 Å². The van der Waals surface area contributed by atoms with Crippen LogP contribution in [0.15, 0.2) is 72.1 Å². The predicted octanol–water partition coefficient (Wildman–Crippen LogP) is 4.77. The Morgan fingerprint density at radius 1 is 0.917 bits per heavy atom. The van der Waals surface area contributed by atoms with E-state index in [0.29, 0.717) is 44.0 Å². The Morgan fingerprint density at radius 3 is 2.28 bits per heavy atom. The first-order valence-electron chi connectivity index (χ1n) is 12.5. The second-order valence-electron chi connectivity index (χ2n) is 9.21. The maximum Gasteiger partial charge on any atom is 0.338 e. The summed E-state index contributed by atoms with van der Waals surface area (Å²) in [6, 6.07) is 10.6. The van der Waals surface area contributed by atoms with E-state index < -0.39 is 0 Å². The molecule has 0 bridgehead atoms. The van der Waals surface area contributed by atoms with Gasteiger partial charge in [-0.25, -0.2) is 4.79 Å². The molecule has 0 aliphatic carbocycles. The van der Waals surface area contributed by atoms with E-state index in [4.69, 9.17) is 9.47 Å². The third-order valence-electron chi connectivity index (χ3n) is 6.09. The molecule has 7 heteroatoms. The van der Waals surface area contributed by atoms with Gasteiger partial charge in [0.1, 0.15) is 19.0 Å². The number of benzene rings is 1. The van der Waals surface area contributed by atoms with E-state index in [-0.39, 0.29) is 11.9 Å². The molecule has 1 aliphatic heterocycles. The summed E-state index contributed by atoms with van der Waals surface area (Å²) in [6.07, 6.45) is 9.58. The third kappa shape index (κ3) is 8.96. The normalized spacial score (nSPS) is 14.3. The van der Waals surface area contributed by atoms with E-state index in [2.05, 4.69) is 42.8 Å². The molecule has 0 unspecified atom stereocenters. The van der Waals surface area contributed by atoms with Gasteiger partial charge in [0, 0.05) is 50.7 Å². The molecule has 2 heterocycles. The summed E-state index contributed by atoms with van der Waals surface area (Å²) in [5.41, 5.74) is 3.81. The molecule has 1 amide bonds. The van der Waals surface area contributed by atoms with Crippen molar-refractivity contribution >= 4 is 11.9 Å². The Bertz CT molecular complexity index is 1040. The van der Waals surface area contributed by atoms with Gasteiger partial charge in [-0.2, -0.15) is 0 Å². The highest BCUT2D eigenvalue weighted by atomic mass is 16.5. The zero-order valence-electron chi connectivity index (χ0n) is 21.6. The lowest BCUT2D eigenvalue weighted by Crippen LogP contribution is -2.49. The number of ether oxygens (including phenoxy) is 2. The standard InChI is InChI=1S/C29H37N3O4/c1-23(2)5-4-6-24(3)13-21-35-27-9-7-25(8-10-27)28(33)32-18-16-31(17-19-32)20-22-36-29(34)26-11-14-30-15-12-26/h5,7-15H,4,6,16-22H2,1-3H3/b24-13+. The maximum atomic E-state index is 12.9. The molecule has 1 saturated heterocycles. The molecule has 2 aromatic rings. The Balaban J connectivity index is 1.36. The molecule has 192 valence electrons. The van der Waals surface area contributed by atoms with Crippen molar-refractivity contribution in [2.45, 2.75) is 33.6 Å². The zero-order valence-corrected chi connectivity index (χ0v) is 21.6. The minimum Gasteiger partial charge on any atom is -0.490 e. The number of allylic oxidation sites excluding steroid dienone is 3. The number of pyridine rings is 1. The van der Waals surface area contributed by atoms with Crippen molar-refractivity contribution in [1.29, 1.82) is 0 Å². The Morgan fingerprint density at radius 2 is 1.61 bits per heavy atom. The van der Waals surface area contributed by atoms with Crippen molar-refractivity contribution in [2.75, 3.05) is 45.9 Å². The van der Waals surface area contributed by atoms with Crippen LogP contribution >= 0.6 is 0 Å².